The lowest BCUT2D eigenvalue weighted by Crippen LogP contribution is -2.30. The van der Waals surface area contributed by atoms with Crippen molar-refractivity contribution < 1.29 is 4.74 Å². The van der Waals surface area contributed by atoms with E-state index in [0.717, 1.165) is 21.7 Å². The zero-order valence-electron chi connectivity index (χ0n) is 11.9. The average molecular weight is 326 g/mol. The van der Waals surface area contributed by atoms with Crippen LogP contribution in [-0.4, -0.2) is 7.11 Å². The SMILES string of the molecule is CCC1CCCCC1C(N)c1ccc(Br)cc1OC. The summed E-state index contributed by atoms with van der Waals surface area (Å²) in [5, 5.41) is 0. The van der Waals surface area contributed by atoms with Gasteiger partial charge in [0.05, 0.1) is 7.11 Å². The molecule has 0 radical (unpaired) electrons. The van der Waals surface area contributed by atoms with Crippen molar-refractivity contribution in [1.29, 1.82) is 0 Å². The second-order valence-corrected chi connectivity index (χ2v) is 6.44. The zero-order chi connectivity index (χ0) is 13.8. The molecule has 0 bridgehead atoms. The third kappa shape index (κ3) is 3.32. The van der Waals surface area contributed by atoms with Crippen LogP contribution in [0.1, 0.15) is 50.6 Å². The molecule has 1 aromatic carbocycles. The van der Waals surface area contributed by atoms with E-state index >= 15 is 0 Å². The molecule has 0 amide bonds. The summed E-state index contributed by atoms with van der Waals surface area (Å²) in [6, 6.07) is 6.27. The standard InChI is InChI=1S/C16H24BrNO/c1-3-11-6-4-5-7-13(11)16(18)14-9-8-12(17)10-15(14)19-2/h8-11,13,16H,3-7,18H2,1-2H3. The van der Waals surface area contributed by atoms with Crippen molar-refractivity contribution in [3.05, 3.63) is 28.2 Å². The van der Waals surface area contributed by atoms with Crippen LogP contribution in [-0.2, 0) is 0 Å². The van der Waals surface area contributed by atoms with Gasteiger partial charge in [0.25, 0.3) is 0 Å². The fraction of sp³-hybridized carbons (Fsp3) is 0.625. The highest BCUT2D eigenvalue weighted by Crippen LogP contribution is 2.41. The minimum absolute atomic E-state index is 0.0910. The fourth-order valence-electron chi connectivity index (χ4n) is 3.41. The molecule has 0 heterocycles. The highest BCUT2D eigenvalue weighted by Gasteiger charge is 2.30. The van der Waals surface area contributed by atoms with E-state index in [-0.39, 0.29) is 6.04 Å². The Kier molecular flexibility index (Phi) is 5.28. The summed E-state index contributed by atoms with van der Waals surface area (Å²) >= 11 is 3.49. The van der Waals surface area contributed by atoms with Crippen LogP contribution in [0.15, 0.2) is 22.7 Å². The number of methoxy groups -OCH3 is 1. The molecule has 0 aromatic heterocycles. The zero-order valence-corrected chi connectivity index (χ0v) is 13.4. The van der Waals surface area contributed by atoms with Crippen molar-refractivity contribution in [2.75, 3.05) is 7.11 Å². The number of nitrogens with two attached hydrogens (primary N) is 1. The number of hydrogen-bond donors (Lipinski definition) is 1. The Morgan fingerprint density at radius 2 is 2.11 bits per heavy atom. The second-order valence-electron chi connectivity index (χ2n) is 5.53. The molecule has 0 spiro atoms. The number of halogens is 1. The van der Waals surface area contributed by atoms with Crippen LogP contribution >= 0.6 is 15.9 Å². The van der Waals surface area contributed by atoms with Crippen molar-refractivity contribution in [1.82, 2.24) is 0 Å². The van der Waals surface area contributed by atoms with E-state index in [4.69, 9.17) is 10.5 Å². The number of hydrogen-bond acceptors (Lipinski definition) is 2. The van der Waals surface area contributed by atoms with Crippen molar-refractivity contribution in [2.45, 2.75) is 45.1 Å². The topological polar surface area (TPSA) is 35.2 Å². The first-order valence-electron chi connectivity index (χ1n) is 7.26. The Morgan fingerprint density at radius 1 is 1.37 bits per heavy atom. The average Bonchev–Trinajstić information content (AvgIpc) is 2.46. The van der Waals surface area contributed by atoms with Gasteiger partial charge in [-0.15, -0.1) is 0 Å². The van der Waals surface area contributed by atoms with E-state index in [9.17, 15) is 0 Å². The van der Waals surface area contributed by atoms with E-state index in [1.54, 1.807) is 7.11 Å². The summed E-state index contributed by atoms with van der Waals surface area (Å²) in [7, 11) is 1.72. The molecule has 1 aliphatic carbocycles. The molecule has 1 fully saturated rings. The van der Waals surface area contributed by atoms with Gasteiger partial charge in [0.2, 0.25) is 0 Å². The molecular weight excluding hydrogens is 302 g/mol. The van der Waals surface area contributed by atoms with Crippen LogP contribution in [0.4, 0.5) is 0 Å². The van der Waals surface area contributed by atoms with Crippen LogP contribution in [0.3, 0.4) is 0 Å². The van der Waals surface area contributed by atoms with Crippen LogP contribution in [0.5, 0.6) is 5.75 Å². The molecule has 1 saturated carbocycles. The Balaban J connectivity index is 2.24. The fourth-order valence-corrected chi connectivity index (χ4v) is 3.75. The van der Waals surface area contributed by atoms with E-state index < -0.39 is 0 Å². The van der Waals surface area contributed by atoms with Gasteiger partial charge in [0.1, 0.15) is 5.75 Å². The minimum Gasteiger partial charge on any atom is -0.496 e. The first kappa shape index (κ1) is 14.9. The number of rotatable bonds is 4. The van der Waals surface area contributed by atoms with Crippen molar-refractivity contribution >= 4 is 15.9 Å². The number of benzene rings is 1. The maximum Gasteiger partial charge on any atom is 0.124 e. The predicted octanol–water partition coefficient (Wildman–Crippen LogP) is 4.67. The summed E-state index contributed by atoms with van der Waals surface area (Å²) < 4.78 is 6.53. The van der Waals surface area contributed by atoms with Gasteiger partial charge < -0.3 is 10.5 Å². The summed E-state index contributed by atoms with van der Waals surface area (Å²) in [6.07, 6.45) is 6.48. The van der Waals surface area contributed by atoms with E-state index in [0.29, 0.717) is 5.92 Å². The number of ether oxygens (including phenoxy) is 1. The predicted molar refractivity (Wildman–Crippen MR) is 83.4 cm³/mol. The third-order valence-corrected chi connectivity index (χ3v) is 5.00. The van der Waals surface area contributed by atoms with Gasteiger partial charge in [-0.05, 0) is 30.4 Å². The highest BCUT2D eigenvalue weighted by atomic mass is 79.9. The maximum atomic E-state index is 6.57. The molecule has 2 N–H and O–H groups in total. The van der Waals surface area contributed by atoms with Gasteiger partial charge in [-0.2, -0.15) is 0 Å². The van der Waals surface area contributed by atoms with Gasteiger partial charge in [0.15, 0.2) is 0 Å². The first-order chi connectivity index (χ1) is 9.17. The summed E-state index contributed by atoms with van der Waals surface area (Å²) in [5.41, 5.74) is 7.72. The van der Waals surface area contributed by atoms with E-state index in [1.165, 1.54) is 32.1 Å². The van der Waals surface area contributed by atoms with E-state index in [1.807, 2.05) is 6.07 Å². The lowest BCUT2D eigenvalue weighted by Gasteiger charge is -2.35. The van der Waals surface area contributed by atoms with Gasteiger partial charge in [-0.1, -0.05) is 54.6 Å². The first-order valence-corrected chi connectivity index (χ1v) is 8.05. The Bertz CT molecular complexity index is 421. The summed E-state index contributed by atoms with van der Waals surface area (Å²) in [6.45, 7) is 2.29. The molecule has 19 heavy (non-hydrogen) atoms. The van der Waals surface area contributed by atoms with Crippen molar-refractivity contribution in [3.63, 3.8) is 0 Å². The molecule has 2 nitrogen and oxygen atoms in total. The molecular formula is C16H24BrNO. The quantitative estimate of drug-likeness (QED) is 0.872. The Labute approximate surface area is 124 Å². The normalized spacial score (nSPS) is 25.1. The smallest absolute Gasteiger partial charge is 0.124 e. The molecule has 0 saturated heterocycles. The molecule has 106 valence electrons. The van der Waals surface area contributed by atoms with Crippen molar-refractivity contribution in [2.24, 2.45) is 17.6 Å². The Hall–Kier alpha value is -0.540. The largest absolute Gasteiger partial charge is 0.496 e. The molecule has 1 aliphatic rings. The molecule has 1 aromatic rings. The van der Waals surface area contributed by atoms with Crippen molar-refractivity contribution in [3.8, 4) is 5.75 Å². The summed E-state index contributed by atoms with van der Waals surface area (Å²) in [5.74, 6) is 2.26. The lowest BCUT2D eigenvalue weighted by atomic mass is 9.72. The monoisotopic (exact) mass is 325 g/mol. The molecule has 3 heteroatoms. The highest BCUT2D eigenvalue weighted by molar-refractivity contribution is 9.10. The molecule has 2 rings (SSSR count). The summed E-state index contributed by atoms with van der Waals surface area (Å²) in [4.78, 5) is 0. The molecule has 3 atom stereocenters. The van der Waals surface area contributed by atoms with Gasteiger partial charge in [-0.3, -0.25) is 0 Å². The van der Waals surface area contributed by atoms with Crippen LogP contribution in [0, 0.1) is 11.8 Å². The van der Waals surface area contributed by atoms with Crippen LogP contribution in [0.25, 0.3) is 0 Å². The third-order valence-electron chi connectivity index (χ3n) is 4.51. The molecule has 0 aliphatic heterocycles. The molecule has 3 unspecified atom stereocenters. The van der Waals surface area contributed by atoms with Crippen LogP contribution < -0.4 is 10.5 Å². The van der Waals surface area contributed by atoms with Crippen LogP contribution in [0.2, 0.25) is 0 Å². The van der Waals surface area contributed by atoms with Gasteiger partial charge in [-0.25, -0.2) is 0 Å². The van der Waals surface area contributed by atoms with Gasteiger partial charge >= 0.3 is 0 Å². The maximum absolute atomic E-state index is 6.57. The Morgan fingerprint density at radius 3 is 2.79 bits per heavy atom. The second kappa shape index (κ2) is 6.76. The minimum atomic E-state index is 0.0910. The van der Waals surface area contributed by atoms with E-state index in [2.05, 4.69) is 35.0 Å². The lowest BCUT2D eigenvalue weighted by molar-refractivity contribution is 0.194. The van der Waals surface area contributed by atoms with Gasteiger partial charge in [0, 0.05) is 16.1 Å².